The molecule has 0 saturated carbocycles. The zero-order valence-corrected chi connectivity index (χ0v) is 10.4. The number of hydrogen-bond donors (Lipinski definition) is 0. The van der Waals surface area contributed by atoms with Crippen LogP contribution in [0.2, 0.25) is 0 Å². The fourth-order valence-electron chi connectivity index (χ4n) is 1.23. The van der Waals surface area contributed by atoms with Crippen molar-refractivity contribution in [1.29, 1.82) is 0 Å². The summed E-state index contributed by atoms with van der Waals surface area (Å²) in [5.41, 5.74) is 2.46. The first kappa shape index (κ1) is 14.3. The number of isocyanates is 2. The molecule has 94 valence electrons. The van der Waals surface area contributed by atoms with E-state index in [1.54, 1.807) is 24.3 Å². The van der Waals surface area contributed by atoms with E-state index in [1.807, 2.05) is 37.3 Å². The second-order valence-electron chi connectivity index (χ2n) is 3.58. The summed E-state index contributed by atoms with van der Waals surface area (Å²) in [5.74, 6) is 0. The summed E-state index contributed by atoms with van der Waals surface area (Å²) in [6, 6.07) is 16.3. The minimum atomic E-state index is 0.646. The van der Waals surface area contributed by atoms with Gasteiger partial charge in [0, 0.05) is 0 Å². The Hall–Kier alpha value is -2.80. The summed E-state index contributed by atoms with van der Waals surface area (Å²) in [5, 5.41) is 0. The molecule has 0 saturated heterocycles. The lowest BCUT2D eigenvalue weighted by Crippen LogP contribution is -1.67. The molecule has 0 spiro atoms. The van der Waals surface area contributed by atoms with E-state index in [4.69, 9.17) is 0 Å². The number of carbonyl (C=O) groups excluding carboxylic acids is 2. The van der Waals surface area contributed by atoms with Gasteiger partial charge in [-0.3, -0.25) is 0 Å². The molecule has 0 amide bonds. The summed E-state index contributed by atoms with van der Waals surface area (Å²) < 4.78 is 0. The van der Waals surface area contributed by atoms with Crippen LogP contribution in [-0.2, 0) is 9.59 Å². The number of benzene rings is 2. The number of nitrogens with zero attached hydrogens (tertiary/aromatic N) is 2. The highest BCUT2D eigenvalue weighted by Crippen LogP contribution is 2.10. The van der Waals surface area contributed by atoms with Gasteiger partial charge in [0.1, 0.15) is 0 Å². The van der Waals surface area contributed by atoms with Crippen molar-refractivity contribution in [3.8, 4) is 0 Å². The first-order valence-electron chi connectivity index (χ1n) is 5.53. The smallest absolute Gasteiger partial charge is 0.211 e. The zero-order chi connectivity index (χ0) is 13.9. The van der Waals surface area contributed by atoms with Crippen molar-refractivity contribution >= 4 is 23.5 Å². The van der Waals surface area contributed by atoms with Crippen molar-refractivity contribution in [3.63, 3.8) is 0 Å². The molecule has 2 rings (SSSR count). The first-order valence-corrected chi connectivity index (χ1v) is 5.53. The van der Waals surface area contributed by atoms with Gasteiger partial charge in [-0.25, -0.2) is 9.59 Å². The Morgan fingerprint density at radius 1 is 0.737 bits per heavy atom. The maximum atomic E-state index is 9.77. The van der Waals surface area contributed by atoms with Crippen molar-refractivity contribution in [3.05, 3.63) is 60.2 Å². The number of para-hydroxylation sites is 1. The second kappa shape index (κ2) is 8.31. The number of aryl methyl sites for hydroxylation is 1. The Morgan fingerprint density at radius 3 is 1.68 bits per heavy atom. The second-order valence-corrected chi connectivity index (χ2v) is 3.58. The van der Waals surface area contributed by atoms with E-state index < -0.39 is 0 Å². The van der Waals surface area contributed by atoms with Crippen molar-refractivity contribution in [2.45, 2.75) is 6.92 Å². The van der Waals surface area contributed by atoms with Crippen molar-refractivity contribution in [2.75, 3.05) is 0 Å². The quantitative estimate of drug-likeness (QED) is 0.605. The fourth-order valence-corrected chi connectivity index (χ4v) is 1.23. The van der Waals surface area contributed by atoms with E-state index in [0.717, 1.165) is 5.56 Å². The lowest BCUT2D eigenvalue weighted by molar-refractivity contribution is 0.564. The molecule has 0 aliphatic carbocycles. The van der Waals surface area contributed by atoms with E-state index in [9.17, 15) is 9.59 Å². The van der Waals surface area contributed by atoms with E-state index in [0.29, 0.717) is 11.4 Å². The molecule has 0 atom stereocenters. The average Bonchev–Trinajstić information content (AvgIpc) is 2.44. The lowest BCUT2D eigenvalue weighted by Gasteiger charge is -1.89. The molecule has 0 radical (unpaired) electrons. The Kier molecular flexibility index (Phi) is 6.24. The standard InChI is InChI=1S/C8H7NO.C7H5NO/c1-7-2-4-8(5-3-7)9-6-10;9-6-8-7-4-2-1-3-5-7/h2-5H,1H3;1-5H. The molecule has 0 aliphatic heterocycles. The average molecular weight is 252 g/mol. The highest BCUT2D eigenvalue weighted by atomic mass is 16.1. The summed E-state index contributed by atoms with van der Waals surface area (Å²) in [6.07, 6.45) is 2.94. The van der Waals surface area contributed by atoms with Crippen LogP contribution < -0.4 is 0 Å². The van der Waals surface area contributed by atoms with E-state index in [-0.39, 0.29) is 0 Å². The Labute approximate surface area is 111 Å². The molecule has 0 aliphatic rings. The summed E-state index contributed by atoms with van der Waals surface area (Å²) in [4.78, 5) is 26.3. The van der Waals surface area contributed by atoms with Crippen molar-refractivity contribution in [2.24, 2.45) is 9.98 Å². The number of hydrogen-bond acceptors (Lipinski definition) is 4. The Balaban J connectivity index is 0.000000191. The van der Waals surface area contributed by atoms with E-state index in [1.165, 1.54) is 12.2 Å². The van der Waals surface area contributed by atoms with Crippen LogP contribution >= 0.6 is 0 Å². The SMILES string of the molecule is Cc1ccc(N=C=O)cc1.O=C=Nc1ccccc1. The van der Waals surface area contributed by atoms with Crippen molar-refractivity contribution < 1.29 is 9.59 Å². The van der Waals surface area contributed by atoms with Gasteiger partial charge < -0.3 is 0 Å². The molecule has 0 heterocycles. The molecule has 2 aromatic rings. The van der Waals surface area contributed by atoms with Gasteiger partial charge in [0.2, 0.25) is 12.2 Å². The highest BCUT2D eigenvalue weighted by Gasteiger charge is 1.85. The lowest BCUT2D eigenvalue weighted by atomic mass is 10.2. The molecule has 0 fully saturated rings. The third-order valence-electron chi connectivity index (χ3n) is 2.14. The molecule has 0 unspecified atom stereocenters. The molecule has 0 bridgehead atoms. The van der Waals surface area contributed by atoms with Gasteiger partial charge in [-0.2, -0.15) is 9.98 Å². The van der Waals surface area contributed by atoms with Crippen LogP contribution in [0.3, 0.4) is 0 Å². The highest BCUT2D eigenvalue weighted by molar-refractivity contribution is 5.49. The van der Waals surface area contributed by atoms with Crippen LogP contribution in [0, 0.1) is 6.92 Å². The normalized spacial score (nSPS) is 8.26. The van der Waals surface area contributed by atoms with Crippen LogP contribution in [0.15, 0.2) is 64.6 Å². The largest absolute Gasteiger partial charge is 0.240 e. The third-order valence-corrected chi connectivity index (χ3v) is 2.14. The number of aliphatic imine (C=N–C) groups is 2. The maximum Gasteiger partial charge on any atom is 0.240 e. The minimum Gasteiger partial charge on any atom is -0.211 e. The van der Waals surface area contributed by atoms with Crippen LogP contribution in [0.25, 0.3) is 0 Å². The zero-order valence-electron chi connectivity index (χ0n) is 10.4. The van der Waals surface area contributed by atoms with Gasteiger partial charge in [0.25, 0.3) is 0 Å². The van der Waals surface area contributed by atoms with Gasteiger partial charge in [0.05, 0.1) is 11.4 Å². The van der Waals surface area contributed by atoms with Crippen LogP contribution in [0.1, 0.15) is 5.56 Å². The van der Waals surface area contributed by atoms with Crippen LogP contribution in [-0.4, -0.2) is 12.2 Å². The van der Waals surface area contributed by atoms with E-state index in [2.05, 4.69) is 9.98 Å². The predicted octanol–water partition coefficient (Wildman–Crippen LogP) is 3.62. The van der Waals surface area contributed by atoms with Crippen LogP contribution in [0.5, 0.6) is 0 Å². The molecule has 0 aromatic heterocycles. The monoisotopic (exact) mass is 252 g/mol. The van der Waals surface area contributed by atoms with Gasteiger partial charge in [-0.05, 0) is 31.2 Å². The number of rotatable bonds is 2. The molecule has 19 heavy (non-hydrogen) atoms. The Bertz CT molecular complexity index is 594. The van der Waals surface area contributed by atoms with Gasteiger partial charge in [0.15, 0.2) is 0 Å². The first-order chi connectivity index (χ1) is 9.26. The van der Waals surface area contributed by atoms with Gasteiger partial charge >= 0.3 is 0 Å². The third kappa shape index (κ3) is 5.89. The summed E-state index contributed by atoms with van der Waals surface area (Å²) in [7, 11) is 0. The minimum absolute atomic E-state index is 0.646. The molecule has 4 heteroatoms. The summed E-state index contributed by atoms with van der Waals surface area (Å²) >= 11 is 0. The topological polar surface area (TPSA) is 58.9 Å². The van der Waals surface area contributed by atoms with Crippen molar-refractivity contribution in [1.82, 2.24) is 0 Å². The Morgan fingerprint density at radius 2 is 1.21 bits per heavy atom. The predicted molar refractivity (Wildman–Crippen MR) is 73.2 cm³/mol. The molecular weight excluding hydrogens is 240 g/mol. The molecule has 4 nitrogen and oxygen atoms in total. The molecular formula is C15H12N2O2. The van der Waals surface area contributed by atoms with Gasteiger partial charge in [-0.15, -0.1) is 0 Å². The fraction of sp³-hybridized carbons (Fsp3) is 0.0667. The summed E-state index contributed by atoms with van der Waals surface area (Å²) in [6.45, 7) is 1.98. The van der Waals surface area contributed by atoms with Crippen LogP contribution in [0.4, 0.5) is 11.4 Å². The van der Waals surface area contributed by atoms with E-state index >= 15 is 0 Å². The molecule has 2 aromatic carbocycles. The maximum absolute atomic E-state index is 9.77. The molecule has 0 N–H and O–H groups in total. The van der Waals surface area contributed by atoms with Gasteiger partial charge in [-0.1, -0.05) is 35.9 Å².